The molecule has 0 saturated carbocycles. The second-order valence-electron chi connectivity index (χ2n) is 7.24. The lowest BCUT2D eigenvalue weighted by Gasteiger charge is -2.41. The lowest BCUT2D eigenvalue weighted by molar-refractivity contribution is 0.131. The van der Waals surface area contributed by atoms with Crippen LogP contribution in [0.1, 0.15) is 18.9 Å². The number of halogens is 2. The quantitative estimate of drug-likeness (QED) is 0.479. The summed E-state index contributed by atoms with van der Waals surface area (Å²) in [6.07, 6.45) is 8.73. The molecule has 5 atom stereocenters. The SMILES string of the molecule is CC1C=CCC2C1C1Cc3ccc(Cl)cc3[N+]1(Cl)C=C1N=NCN12. The summed E-state index contributed by atoms with van der Waals surface area (Å²) in [4.78, 5) is 2.33. The Labute approximate surface area is 151 Å². The third-order valence-corrected chi connectivity index (χ3v) is 6.79. The van der Waals surface area contributed by atoms with Crippen molar-refractivity contribution in [2.24, 2.45) is 22.1 Å². The van der Waals surface area contributed by atoms with E-state index in [0.717, 1.165) is 29.4 Å². The summed E-state index contributed by atoms with van der Waals surface area (Å²) >= 11 is 13.6. The van der Waals surface area contributed by atoms with Crippen LogP contribution < -0.4 is 4.00 Å². The van der Waals surface area contributed by atoms with Crippen LogP contribution in [0.15, 0.2) is 52.6 Å². The molecular formula is C18H19Cl2N4+. The highest BCUT2D eigenvalue weighted by atomic mass is 35.5. The van der Waals surface area contributed by atoms with E-state index in [1.807, 2.05) is 12.1 Å². The molecule has 0 saturated heterocycles. The molecule has 24 heavy (non-hydrogen) atoms. The maximum atomic E-state index is 7.28. The zero-order valence-corrected chi connectivity index (χ0v) is 15.0. The molecule has 0 aromatic heterocycles. The lowest BCUT2D eigenvalue weighted by atomic mass is 9.75. The van der Waals surface area contributed by atoms with Gasteiger partial charge in [0.15, 0.2) is 23.7 Å². The van der Waals surface area contributed by atoms with Crippen LogP contribution >= 0.6 is 23.4 Å². The third kappa shape index (κ3) is 1.91. The van der Waals surface area contributed by atoms with Crippen LogP contribution in [0.4, 0.5) is 5.69 Å². The minimum absolute atomic E-state index is 0.264. The van der Waals surface area contributed by atoms with Crippen LogP contribution in [0.25, 0.3) is 0 Å². The van der Waals surface area contributed by atoms with Gasteiger partial charge in [-0.25, -0.2) is 0 Å². The molecule has 0 radical (unpaired) electrons. The largest absolute Gasteiger partial charge is 0.326 e. The number of azo groups is 1. The average molecular weight is 362 g/mol. The molecule has 1 aromatic carbocycles. The summed E-state index contributed by atoms with van der Waals surface area (Å²) in [6, 6.07) is 6.80. The van der Waals surface area contributed by atoms with E-state index in [9.17, 15) is 0 Å². The van der Waals surface area contributed by atoms with Gasteiger partial charge in [-0.3, -0.25) is 0 Å². The summed E-state index contributed by atoms with van der Waals surface area (Å²) in [5.41, 5.74) is 2.38. The van der Waals surface area contributed by atoms with E-state index in [1.165, 1.54) is 5.56 Å². The van der Waals surface area contributed by atoms with Gasteiger partial charge in [0.25, 0.3) is 0 Å². The van der Waals surface area contributed by atoms with Crippen LogP contribution in [-0.2, 0) is 6.42 Å². The maximum absolute atomic E-state index is 7.28. The molecule has 5 rings (SSSR count). The Bertz CT molecular complexity index is 802. The summed E-state index contributed by atoms with van der Waals surface area (Å²) < 4.78 is 0.264. The molecule has 3 heterocycles. The molecule has 3 aliphatic heterocycles. The molecule has 1 aromatic rings. The Hall–Kier alpha value is -1.36. The normalized spacial score (nSPS) is 39.0. The zero-order chi connectivity index (χ0) is 16.5. The van der Waals surface area contributed by atoms with E-state index in [-0.39, 0.29) is 4.00 Å². The molecule has 1 aliphatic carbocycles. The molecule has 0 N–H and O–H groups in total. The van der Waals surface area contributed by atoms with Gasteiger partial charge in [-0.1, -0.05) is 36.7 Å². The van der Waals surface area contributed by atoms with Crippen LogP contribution in [0.5, 0.6) is 0 Å². The fourth-order valence-electron chi connectivity index (χ4n) is 4.97. The van der Waals surface area contributed by atoms with Crippen molar-refractivity contribution in [3.05, 3.63) is 53.0 Å². The summed E-state index contributed by atoms with van der Waals surface area (Å²) in [6.45, 7) is 2.94. The van der Waals surface area contributed by atoms with Crippen LogP contribution in [0.3, 0.4) is 0 Å². The third-order valence-electron chi connectivity index (χ3n) is 6.03. The number of nitrogens with zero attached hydrogens (tertiary/aromatic N) is 4. The van der Waals surface area contributed by atoms with Crippen molar-refractivity contribution >= 4 is 29.1 Å². The Morgan fingerprint density at radius 3 is 3.08 bits per heavy atom. The van der Waals surface area contributed by atoms with Crippen molar-refractivity contribution in [2.45, 2.75) is 31.8 Å². The topological polar surface area (TPSA) is 28.0 Å². The predicted molar refractivity (Wildman–Crippen MR) is 96.4 cm³/mol. The molecule has 0 fully saturated rings. The van der Waals surface area contributed by atoms with Gasteiger partial charge in [-0.15, -0.1) is 5.11 Å². The highest BCUT2D eigenvalue weighted by molar-refractivity contribution is 6.31. The minimum Gasteiger partial charge on any atom is -0.326 e. The van der Waals surface area contributed by atoms with Gasteiger partial charge in [-0.2, -0.15) is 9.12 Å². The fourth-order valence-corrected chi connectivity index (χ4v) is 5.58. The lowest BCUT2D eigenvalue weighted by Crippen LogP contribution is -2.52. The van der Waals surface area contributed by atoms with E-state index in [1.54, 1.807) is 0 Å². The average Bonchev–Trinajstić information content (AvgIpc) is 3.09. The van der Waals surface area contributed by atoms with Crippen LogP contribution in [0.2, 0.25) is 5.02 Å². The zero-order valence-electron chi connectivity index (χ0n) is 13.4. The molecule has 0 bridgehead atoms. The first-order valence-electron chi connectivity index (χ1n) is 8.48. The highest BCUT2D eigenvalue weighted by Crippen LogP contribution is 2.52. The molecule has 124 valence electrons. The predicted octanol–water partition coefficient (Wildman–Crippen LogP) is 4.84. The van der Waals surface area contributed by atoms with E-state index < -0.39 is 0 Å². The highest BCUT2D eigenvalue weighted by Gasteiger charge is 2.57. The van der Waals surface area contributed by atoms with Crippen LogP contribution in [0, 0.1) is 11.8 Å². The molecular weight excluding hydrogens is 343 g/mol. The monoisotopic (exact) mass is 361 g/mol. The maximum Gasteiger partial charge on any atom is 0.208 e. The molecule has 4 nitrogen and oxygen atoms in total. The fraction of sp³-hybridized carbons (Fsp3) is 0.444. The first-order chi connectivity index (χ1) is 11.6. The van der Waals surface area contributed by atoms with Crippen LogP contribution in [-0.4, -0.2) is 23.7 Å². The van der Waals surface area contributed by atoms with Crippen molar-refractivity contribution in [1.82, 2.24) is 8.90 Å². The number of quaternary nitrogens is 1. The Balaban J connectivity index is 1.73. The van der Waals surface area contributed by atoms with E-state index in [2.05, 4.69) is 46.5 Å². The number of hydrogen-bond acceptors (Lipinski definition) is 3. The van der Waals surface area contributed by atoms with Crippen molar-refractivity contribution in [1.29, 1.82) is 0 Å². The number of benzene rings is 1. The van der Waals surface area contributed by atoms with Crippen molar-refractivity contribution in [2.75, 3.05) is 6.67 Å². The van der Waals surface area contributed by atoms with E-state index in [4.69, 9.17) is 23.4 Å². The van der Waals surface area contributed by atoms with Gasteiger partial charge in [0.2, 0.25) is 5.82 Å². The van der Waals surface area contributed by atoms with E-state index in [0.29, 0.717) is 30.6 Å². The molecule has 5 unspecified atom stereocenters. The molecule has 4 aliphatic rings. The first-order valence-corrected chi connectivity index (χ1v) is 9.20. The summed E-state index contributed by atoms with van der Waals surface area (Å²) in [5, 5.41) is 9.39. The van der Waals surface area contributed by atoms with Gasteiger partial charge in [0.05, 0.1) is 0 Å². The Morgan fingerprint density at radius 1 is 1.33 bits per heavy atom. The van der Waals surface area contributed by atoms with Gasteiger partial charge >= 0.3 is 0 Å². The molecule has 0 spiro atoms. The minimum atomic E-state index is 0.264. The van der Waals surface area contributed by atoms with Gasteiger partial charge in [0.1, 0.15) is 12.7 Å². The summed E-state index contributed by atoms with van der Waals surface area (Å²) in [7, 11) is 0. The van der Waals surface area contributed by atoms with Gasteiger partial charge in [-0.05, 0) is 18.4 Å². The second-order valence-corrected chi connectivity index (χ2v) is 8.23. The van der Waals surface area contributed by atoms with Gasteiger partial charge < -0.3 is 4.90 Å². The number of hydrogen-bond donors (Lipinski definition) is 0. The van der Waals surface area contributed by atoms with Gasteiger partial charge in [0, 0.05) is 35.0 Å². The molecule has 0 amide bonds. The number of rotatable bonds is 0. The number of fused-ring (bicyclic) bond motifs is 7. The number of allylic oxidation sites excluding steroid dienone is 1. The first kappa shape index (κ1) is 14.9. The second kappa shape index (κ2) is 5.07. The van der Waals surface area contributed by atoms with E-state index >= 15 is 0 Å². The summed E-state index contributed by atoms with van der Waals surface area (Å²) in [5.74, 6) is 1.83. The molecule has 6 heteroatoms. The van der Waals surface area contributed by atoms with Crippen molar-refractivity contribution in [3.63, 3.8) is 0 Å². The standard InChI is InChI=1S/C18H19Cl2N4/c1-11-3-2-4-14-18(11)16-7-12-5-6-13(19)8-15(12)24(16,20)9-17-22-21-10-23(14)17/h2-3,5-6,8-9,11,14,16,18H,4,7,10H2,1H3/q+1. The Morgan fingerprint density at radius 2 is 2.21 bits per heavy atom. The van der Waals surface area contributed by atoms with Crippen molar-refractivity contribution in [3.8, 4) is 0 Å². The smallest absolute Gasteiger partial charge is 0.208 e. The Kier molecular flexibility index (Phi) is 3.16. The van der Waals surface area contributed by atoms with Crippen molar-refractivity contribution < 1.29 is 0 Å².